The first kappa shape index (κ1) is 18.2. The van der Waals surface area contributed by atoms with Gasteiger partial charge in [-0.1, -0.05) is 30.3 Å². The summed E-state index contributed by atoms with van der Waals surface area (Å²) in [4.78, 5) is 26.5. The van der Waals surface area contributed by atoms with Gasteiger partial charge in [-0.05, 0) is 18.6 Å². The number of benzene rings is 1. The summed E-state index contributed by atoms with van der Waals surface area (Å²) >= 11 is 0. The number of aromatic nitrogens is 1. The van der Waals surface area contributed by atoms with Crippen LogP contribution in [0.5, 0.6) is 0 Å². The van der Waals surface area contributed by atoms with E-state index in [-0.39, 0.29) is 52.2 Å². The van der Waals surface area contributed by atoms with Gasteiger partial charge in [-0.25, -0.2) is 4.98 Å². The summed E-state index contributed by atoms with van der Waals surface area (Å²) < 4.78 is 0. The standard InChI is InChI=1S/C15H15N3O3.Na/c1-9-11(15(20)21)7-12(13(16)19)14(18-9)17-8-10-5-3-2-4-6-10;/h2-7H,8H2,1H3,(H2,16,19)(H,17,18)(H,20,21);/q;+1/p-1. The first-order valence-electron chi connectivity index (χ1n) is 6.29. The molecular formula is C15H14N3NaO3. The molecule has 1 amide bonds. The number of pyridine rings is 1. The van der Waals surface area contributed by atoms with Gasteiger partial charge in [0.05, 0.1) is 11.5 Å². The van der Waals surface area contributed by atoms with Gasteiger partial charge >= 0.3 is 29.6 Å². The summed E-state index contributed by atoms with van der Waals surface area (Å²) in [6.07, 6.45) is 0. The predicted molar refractivity (Wildman–Crippen MR) is 75.6 cm³/mol. The number of rotatable bonds is 5. The molecule has 0 spiro atoms. The summed E-state index contributed by atoms with van der Waals surface area (Å²) in [5, 5.41) is 14.0. The maximum Gasteiger partial charge on any atom is 1.00 e. The van der Waals surface area contributed by atoms with Crippen LogP contribution in [0.3, 0.4) is 0 Å². The van der Waals surface area contributed by atoms with Crippen LogP contribution in [0.25, 0.3) is 0 Å². The molecule has 0 aliphatic heterocycles. The molecular weight excluding hydrogens is 293 g/mol. The van der Waals surface area contributed by atoms with Crippen molar-refractivity contribution < 1.29 is 44.3 Å². The fraction of sp³-hybridized carbons (Fsp3) is 0.133. The average molecular weight is 307 g/mol. The van der Waals surface area contributed by atoms with Crippen molar-refractivity contribution in [2.24, 2.45) is 5.73 Å². The molecule has 0 atom stereocenters. The Morgan fingerprint density at radius 1 is 1.23 bits per heavy atom. The molecule has 0 aliphatic rings. The Kier molecular flexibility index (Phi) is 6.55. The predicted octanol–water partition coefficient (Wildman–Crippen LogP) is -2.53. The molecule has 7 heteroatoms. The molecule has 1 heterocycles. The number of nitrogens with one attached hydrogen (secondary N) is 1. The van der Waals surface area contributed by atoms with Crippen LogP contribution in [-0.2, 0) is 6.54 Å². The van der Waals surface area contributed by atoms with Crippen LogP contribution < -0.4 is 45.7 Å². The number of carboxylic acids is 1. The van der Waals surface area contributed by atoms with Crippen LogP contribution in [0.4, 0.5) is 5.82 Å². The topological polar surface area (TPSA) is 108 Å². The minimum Gasteiger partial charge on any atom is -0.545 e. The maximum atomic E-state index is 11.4. The number of carboxylic acid groups (broad SMARTS) is 1. The van der Waals surface area contributed by atoms with Crippen molar-refractivity contribution in [3.63, 3.8) is 0 Å². The zero-order valence-electron chi connectivity index (χ0n) is 12.4. The van der Waals surface area contributed by atoms with Gasteiger partial charge in [-0.15, -0.1) is 0 Å². The van der Waals surface area contributed by atoms with E-state index in [4.69, 9.17) is 5.73 Å². The minimum absolute atomic E-state index is 0. The second kappa shape index (κ2) is 7.93. The van der Waals surface area contributed by atoms with E-state index in [1.807, 2.05) is 30.3 Å². The first-order valence-corrected chi connectivity index (χ1v) is 6.29. The molecule has 0 bridgehead atoms. The number of aryl methyl sites for hydroxylation is 1. The largest absolute Gasteiger partial charge is 1.00 e. The van der Waals surface area contributed by atoms with Crippen LogP contribution in [0, 0.1) is 6.92 Å². The summed E-state index contributed by atoms with van der Waals surface area (Å²) in [7, 11) is 0. The summed E-state index contributed by atoms with van der Waals surface area (Å²) in [6, 6.07) is 10.7. The van der Waals surface area contributed by atoms with Gasteiger partial charge in [0.2, 0.25) is 0 Å². The quantitative estimate of drug-likeness (QED) is 0.592. The van der Waals surface area contributed by atoms with Gasteiger partial charge < -0.3 is 21.0 Å². The van der Waals surface area contributed by atoms with E-state index in [1.54, 1.807) is 0 Å². The van der Waals surface area contributed by atoms with Gasteiger partial charge in [0, 0.05) is 17.8 Å². The molecule has 0 radical (unpaired) electrons. The normalized spacial score (nSPS) is 9.68. The van der Waals surface area contributed by atoms with Crippen molar-refractivity contribution in [2.75, 3.05) is 5.32 Å². The summed E-state index contributed by atoms with van der Waals surface area (Å²) in [5.41, 5.74) is 6.41. The fourth-order valence-electron chi connectivity index (χ4n) is 1.92. The van der Waals surface area contributed by atoms with E-state index in [0.29, 0.717) is 6.54 Å². The SMILES string of the molecule is Cc1nc(NCc2ccccc2)c(C(N)=O)cc1C(=O)[O-].[Na+]. The van der Waals surface area contributed by atoms with Crippen LogP contribution >= 0.6 is 0 Å². The number of primary amides is 1. The Morgan fingerprint density at radius 2 is 1.86 bits per heavy atom. The van der Waals surface area contributed by atoms with Gasteiger partial charge in [-0.3, -0.25) is 4.79 Å². The third-order valence-corrected chi connectivity index (χ3v) is 3.00. The van der Waals surface area contributed by atoms with Crippen molar-refractivity contribution >= 4 is 17.7 Å². The molecule has 0 aliphatic carbocycles. The van der Waals surface area contributed by atoms with Crippen LogP contribution in [-0.4, -0.2) is 16.9 Å². The summed E-state index contributed by atoms with van der Waals surface area (Å²) in [5.74, 6) is -1.88. The zero-order valence-corrected chi connectivity index (χ0v) is 14.4. The monoisotopic (exact) mass is 307 g/mol. The molecule has 0 fully saturated rings. The maximum absolute atomic E-state index is 11.4. The molecule has 0 saturated heterocycles. The molecule has 2 rings (SSSR count). The average Bonchev–Trinajstić information content (AvgIpc) is 2.45. The molecule has 3 N–H and O–H groups in total. The Morgan fingerprint density at radius 3 is 2.41 bits per heavy atom. The van der Waals surface area contributed by atoms with E-state index < -0.39 is 11.9 Å². The van der Waals surface area contributed by atoms with Gasteiger partial charge in [0.15, 0.2) is 0 Å². The fourth-order valence-corrected chi connectivity index (χ4v) is 1.92. The first-order chi connectivity index (χ1) is 9.99. The molecule has 0 saturated carbocycles. The number of anilines is 1. The molecule has 108 valence electrons. The van der Waals surface area contributed by atoms with E-state index in [0.717, 1.165) is 5.56 Å². The van der Waals surface area contributed by atoms with Crippen LogP contribution in [0.1, 0.15) is 32.0 Å². The molecule has 0 unspecified atom stereocenters. The molecule has 1 aromatic heterocycles. The molecule has 1 aromatic carbocycles. The Labute approximate surface area is 150 Å². The van der Waals surface area contributed by atoms with Gasteiger partial charge in [0.25, 0.3) is 5.91 Å². The van der Waals surface area contributed by atoms with Gasteiger partial charge in [-0.2, -0.15) is 0 Å². The number of carbonyl (C=O) groups excluding carboxylic acids is 2. The zero-order chi connectivity index (χ0) is 15.4. The van der Waals surface area contributed by atoms with Crippen molar-refractivity contribution in [3.8, 4) is 0 Å². The third kappa shape index (κ3) is 4.30. The number of amides is 1. The summed E-state index contributed by atoms with van der Waals surface area (Å²) in [6.45, 7) is 1.97. The molecule has 22 heavy (non-hydrogen) atoms. The van der Waals surface area contributed by atoms with E-state index in [1.165, 1.54) is 13.0 Å². The Hall–Kier alpha value is -1.89. The Balaban J connectivity index is 0.00000242. The van der Waals surface area contributed by atoms with Crippen LogP contribution in [0.2, 0.25) is 0 Å². The number of nitrogens with two attached hydrogens (primary N) is 1. The minimum atomic E-state index is -1.39. The molecule has 6 nitrogen and oxygen atoms in total. The smallest absolute Gasteiger partial charge is 0.545 e. The van der Waals surface area contributed by atoms with Crippen molar-refractivity contribution in [3.05, 3.63) is 58.8 Å². The Bertz CT molecular complexity index is 690. The van der Waals surface area contributed by atoms with E-state index in [2.05, 4.69) is 10.3 Å². The molecule has 2 aromatic rings. The van der Waals surface area contributed by atoms with Crippen LogP contribution in [0.15, 0.2) is 36.4 Å². The van der Waals surface area contributed by atoms with Crippen molar-refractivity contribution in [2.45, 2.75) is 13.5 Å². The third-order valence-electron chi connectivity index (χ3n) is 3.00. The number of aromatic carboxylic acids is 1. The second-order valence-electron chi connectivity index (χ2n) is 4.51. The number of hydrogen-bond acceptors (Lipinski definition) is 5. The second-order valence-corrected chi connectivity index (χ2v) is 4.51. The number of hydrogen-bond donors (Lipinski definition) is 2. The van der Waals surface area contributed by atoms with E-state index >= 15 is 0 Å². The number of carbonyl (C=O) groups is 2. The van der Waals surface area contributed by atoms with Crippen molar-refractivity contribution in [1.29, 1.82) is 0 Å². The van der Waals surface area contributed by atoms with Gasteiger partial charge in [0.1, 0.15) is 5.82 Å². The van der Waals surface area contributed by atoms with E-state index in [9.17, 15) is 14.7 Å². The number of nitrogens with zero attached hydrogens (tertiary/aromatic N) is 1. The van der Waals surface area contributed by atoms with Crippen molar-refractivity contribution in [1.82, 2.24) is 4.98 Å².